The summed E-state index contributed by atoms with van der Waals surface area (Å²) in [6.45, 7) is 2.16. The first kappa shape index (κ1) is 28.5. The summed E-state index contributed by atoms with van der Waals surface area (Å²) in [6.07, 6.45) is 0.854. The Labute approximate surface area is 288 Å². The molecule has 236 valence electrons. The molecule has 4 nitrogen and oxygen atoms in total. The predicted octanol–water partition coefficient (Wildman–Crippen LogP) is 12.2. The van der Waals surface area contributed by atoms with E-state index < -0.39 is 0 Å². The Morgan fingerprint density at radius 3 is 2.04 bits per heavy atom. The highest BCUT2D eigenvalue weighted by Gasteiger charge is 2.21. The highest BCUT2D eigenvalue weighted by Crippen LogP contribution is 2.46. The molecule has 0 aliphatic rings. The third-order valence-corrected chi connectivity index (χ3v) is 9.93. The average Bonchev–Trinajstić information content (AvgIpc) is 3.75. The highest BCUT2D eigenvalue weighted by atomic mass is 16.3. The van der Waals surface area contributed by atoms with Gasteiger partial charge in [0.25, 0.3) is 0 Å². The number of fused-ring (bicyclic) bond motifs is 7. The van der Waals surface area contributed by atoms with Gasteiger partial charge in [-0.15, -0.1) is 0 Å². The number of rotatable bonds is 5. The monoisotopic (exact) mass is 641 g/mol. The molecule has 0 amide bonds. The number of benzene rings is 7. The maximum atomic E-state index is 6.55. The molecule has 7 aromatic carbocycles. The van der Waals surface area contributed by atoms with Crippen LogP contribution in [-0.2, 0) is 6.42 Å². The van der Waals surface area contributed by atoms with Crippen LogP contribution in [0.1, 0.15) is 12.7 Å². The van der Waals surface area contributed by atoms with Gasteiger partial charge < -0.3 is 4.42 Å². The van der Waals surface area contributed by atoms with Gasteiger partial charge in [0.05, 0.1) is 22.2 Å². The number of aryl methyl sites for hydroxylation is 1. The van der Waals surface area contributed by atoms with Gasteiger partial charge in [-0.1, -0.05) is 122 Å². The van der Waals surface area contributed by atoms with E-state index in [9.17, 15) is 0 Å². The van der Waals surface area contributed by atoms with Gasteiger partial charge in [-0.3, -0.25) is 4.57 Å². The summed E-state index contributed by atoms with van der Waals surface area (Å²) in [4.78, 5) is 10.2. The minimum Gasteiger partial charge on any atom is -0.456 e. The van der Waals surface area contributed by atoms with Gasteiger partial charge in [0.2, 0.25) is 0 Å². The van der Waals surface area contributed by atoms with Crippen molar-refractivity contribution in [2.24, 2.45) is 0 Å². The van der Waals surface area contributed by atoms with Crippen LogP contribution >= 0.6 is 0 Å². The summed E-state index contributed by atoms with van der Waals surface area (Å²) in [7, 11) is 0. The van der Waals surface area contributed by atoms with E-state index in [-0.39, 0.29) is 0 Å². The number of hydrogen-bond acceptors (Lipinski definition) is 3. The number of furan rings is 1. The van der Waals surface area contributed by atoms with E-state index in [2.05, 4.69) is 157 Å². The molecule has 10 aromatic rings. The molecule has 0 bridgehead atoms. The van der Waals surface area contributed by atoms with Crippen LogP contribution in [0.4, 0.5) is 0 Å². The van der Waals surface area contributed by atoms with Crippen molar-refractivity contribution in [2.75, 3.05) is 0 Å². The smallest absolute Gasteiger partial charge is 0.136 e. The molecule has 0 saturated carbocycles. The van der Waals surface area contributed by atoms with E-state index in [4.69, 9.17) is 14.4 Å². The first-order valence-corrected chi connectivity index (χ1v) is 17.1. The molecule has 3 heterocycles. The van der Waals surface area contributed by atoms with Crippen molar-refractivity contribution in [3.8, 4) is 39.2 Å². The summed E-state index contributed by atoms with van der Waals surface area (Å²) in [6, 6.07) is 55.6. The van der Waals surface area contributed by atoms with Gasteiger partial charge >= 0.3 is 0 Å². The van der Waals surface area contributed by atoms with E-state index in [1.165, 1.54) is 10.9 Å². The van der Waals surface area contributed by atoms with Gasteiger partial charge in [0.15, 0.2) is 0 Å². The zero-order chi connectivity index (χ0) is 33.2. The summed E-state index contributed by atoms with van der Waals surface area (Å²) < 4.78 is 8.83. The first-order valence-electron chi connectivity index (χ1n) is 17.1. The van der Waals surface area contributed by atoms with Gasteiger partial charge in [0.1, 0.15) is 17.0 Å². The first-order chi connectivity index (χ1) is 24.7. The van der Waals surface area contributed by atoms with Gasteiger partial charge in [0, 0.05) is 50.2 Å². The average molecular weight is 642 g/mol. The lowest BCUT2D eigenvalue weighted by atomic mass is 9.89. The molecule has 0 radical (unpaired) electrons. The van der Waals surface area contributed by atoms with Gasteiger partial charge in [-0.05, 0) is 59.2 Å². The van der Waals surface area contributed by atoms with Crippen LogP contribution in [0, 0.1) is 0 Å². The highest BCUT2D eigenvalue weighted by molar-refractivity contribution is 6.27. The van der Waals surface area contributed by atoms with Crippen LogP contribution in [0.15, 0.2) is 162 Å². The second-order valence-electron chi connectivity index (χ2n) is 12.8. The van der Waals surface area contributed by atoms with Crippen LogP contribution in [0.5, 0.6) is 0 Å². The predicted molar refractivity (Wildman–Crippen MR) is 207 cm³/mol. The lowest BCUT2D eigenvalue weighted by molar-refractivity contribution is 0.669. The molecule has 0 atom stereocenters. The molecule has 0 saturated heterocycles. The fourth-order valence-corrected chi connectivity index (χ4v) is 7.68. The fourth-order valence-electron chi connectivity index (χ4n) is 7.68. The minimum absolute atomic E-state index is 0.854. The third-order valence-electron chi connectivity index (χ3n) is 9.93. The Morgan fingerprint density at radius 1 is 0.500 bits per heavy atom. The van der Waals surface area contributed by atoms with Crippen molar-refractivity contribution in [1.29, 1.82) is 0 Å². The Morgan fingerprint density at radius 2 is 1.20 bits per heavy atom. The summed E-state index contributed by atoms with van der Waals surface area (Å²) in [5.41, 5.74) is 12.6. The summed E-state index contributed by atoms with van der Waals surface area (Å²) in [5.74, 6) is 1.06. The zero-order valence-electron chi connectivity index (χ0n) is 27.5. The van der Waals surface area contributed by atoms with Crippen molar-refractivity contribution < 1.29 is 4.42 Å². The normalized spacial score (nSPS) is 11.8. The lowest BCUT2D eigenvalue weighted by Gasteiger charge is -2.16. The van der Waals surface area contributed by atoms with Crippen molar-refractivity contribution >= 4 is 54.6 Å². The molecule has 0 spiro atoms. The maximum Gasteiger partial charge on any atom is 0.136 e. The Kier molecular flexibility index (Phi) is 6.43. The number of imidazole rings is 1. The SMILES string of the molecule is CCc1nc2ccccc2n1-c1cccc(-c2ccc(-c3nc4ccccc4c4c(-c5ccccc5)c5c(cc34)oc3ccccc35)cc2)c1. The van der Waals surface area contributed by atoms with Crippen LogP contribution in [0.3, 0.4) is 0 Å². The maximum absolute atomic E-state index is 6.55. The van der Waals surface area contributed by atoms with E-state index in [1.54, 1.807) is 0 Å². The Balaban J connectivity index is 1.17. The van der Waals surface area contributed by atoms with Crippen LogP contribution in [-0.4, -0.2) is 14.5 Å². The van der Waals surface area contributed by atoms with E-state index in [1.807, 2.05) is 12.1 Å². The fraction of sp³-hybridized carbons (Fsp3) is 0.0435. The Bertz CT molecular complexity index is 2900. The quantitative estimate of drug-likeness (QED) is 0.176. The molecular weight excluding hydrogens is 611 g/mol. The molecule has 0 unspecified atom stereocenters. The molecule has 50 heavy (non-hydrogen) atoms. The Hall–Kier alpha value is -6.52. The molecule has 10 rings (SSSR count). The molecule has 4 heteroatoms. The summed E-state index contributed by atoms with van der Waals surface area (Å²) >= 11 is 0. The molecule has 0 N–H and O–H groups in total. The third kappa shape index (κ3) is 4.39. The van der Waals surface area contributed by atoms with E-state index in [0.717, 1.165) is 95.1 Å². The van der Waals surface area contributed by atoms with Crippen LogP contribution in [0.2, 0.25) is 0 Å². The molecule has 0 aliphatic carbocycles. The van der Waals surface area contributed by atoms with Gasteiger partial charge in [-0.25, -0.2) is 9.97 Å². The van der Waals surface area contributed by atoms with E-state index in [0.29, 0.717) is 0 Å². The van der Waals surface area contributed by atoms with Crippen molar-refractivity contribution in [1.82, 2.24) is 14.5 Å². The van der Waals surface area contributed by atoms with Crippen LogP contribution in [0.25, 0.3) is 93.8 Å². The largest absolute Gasteiger partial charge is 0.456 e. The second-order valence-corrected chi connectivity index (χ2v) is 12.8. The molecule has 0 aliphatic heterocycles. The zero-order valence-corrected chi connectivity index (χ0v) is 27.5. The summed E-state index contributed by atoms with van der Waals surface area (Å²) in [5, 5.41) is 5.64. The van der Waals surface area contributed by atoms with E-state index >= 15 is 0 Å². The topological polar surface area (TPSA) is 43.9 Å². The van der Waals surface area contributed by atoms with Crippen molar-refractivity contribution in [3.63, 3.8) is 0 Å². The number of aromatic nitrogens is 3. The second kappa shape index (κ2) is 11.3. The van der Waals surface area contributed by atoms with Crippen LogP contribution < -0.4 is 0 Å². The number of nitrogens with zero attached hydrogens (tertiary/aromatic N) is 3. The van der Waals surface area contributed by atoms with Gasteiger partial charge in [-0.2, -0.15) is 0 Å². The van der Waals surface area contributed by atoms with Crippen molar-refractivity contribution in [2.45, 2.75) is 13.3 Å². The van der Waals surface area contributed by atoms with Crippen molar-refractivity contribution in [3.05, 3.63) is 164 Å². The number of hydrogen-bond donors (Lipinski definition) is 0. The number of pyridine rings is 1. The lowest BCUT2D eigenvalue weighted by Crippen LogP contribution is -2.00. The minimum atomic E-state index is 0.854. The number of para-hydroxylation sites is 4. The standard InChI is InChI=1S/C46H31N3O/c1-2-42-47-38-20-9-10-21-39(38)49(42)33-16-12-15-32(27-33)29-23-25-31(26-24-29)46-36-28-41-45(35-18-7-11-22-40(35)50-41)43(30-13-4-3-5-14-30)44(36)34-17-6-8-19-37(34)48-46/h3-28H,2H2,1H3. The molecular formula is C46H31N3O. The molecule has 3 aromatic heterocycles. The molecule has 0 fully saturated rings.